The van der Waals surface area contributed by atoms with Crippen molar-refractivity contribution in [1.82, 2.24) is 10.3 Å². The Morgan fingerprint density at radius 1 is 1.21 bits per heavy atom. The number of alkyl halides is 3. The molecule has 2 N–H and O–H groups in total. The molecule has 0 aliphatic heterocycles. The van der Waals surface area contributed by atoms with Crippen LogP contribution < -0.4 is 10.1 Å². The Labute approximate surface area is 162 Å². The van der Waals surface area contributed by atoms with Gasteiger partial charge in [-0.2, -0.15) is 13.2 Å². The van der Waals surface area contributed by atoms with E-state index in [1.54, 1.807) is 6.92 Å². The molecule has 0 unspecified atom stereocenters. The smallest absolute Gasteiger partial charge is 0.416 e. The Balaban J connectivity index is 1.95. The lowest BCUT2D eigenvalue weighted by Gasteiger charge is -2.15. The first-order valence-corrected chi connectivity index (χ1v) is 8.43. The van der Waals surface area contributed by atoms with Gasteiger partial charge in [-0.3, -0.25) is 4.79 Å². The van der Waals surface area contributed by atoms with Gasteiger partial charge in [-0.15, -0.1) is 0 Å². The summed E-state index contributed by atoms with van der Waals surface area (Å²) in [5.74, 6) is -2.03. The molecule has 1 heterocycles. The average Bonchev–Trinajstić information content (AvgIpc) is 2.67. The topological polar surface area (TPSA) is 71.5 Å². The van der Waals surface area contributed by atoms with Crippen molar-refractivity contribution >= 4 is 16.8 Å². The summed E-state index contributed by atoms with van der Waals surface area (Å²) in [5, 5.41) is 12.2. The number of halogens is 4. The lowest BCUT2D eigenvalue weighted by Crippen LogP contribution is -2.25. The van der Waals surface area contributed by atoms with Crippen LogP contribution in [0.1, 0.15) is 27.0 Å². The number of hydrogen-bond acceptors (Lipinski definition) is 4. The maximum atomic E-state index is 13.4. The number of phenols is 1. The normalized spacial score (nSPS) is 11.5. The highest BCUT2D eigenvalue weighted by Gasteiger charge is 2.31. The molecule has 0 saturated carbocycles. The number of hydrogen-bond donors (Lipinski definition) is 2. The first-order chi connectivity index (χ1) is 13.6. The van der Waals surface area contributed by atoms with Crippen molar-refractivity contribution in [3.63, 3.8) is 0 Å². The maximum Gasteiger partial charge on any atom is 0.416 e. The Morgan fingerprint density at radius 3 is 2.55 bits per heavy atom. The molecule has 0 atom stereocenters. The van der Waals surface area contributed by atoms with Crippen molar-refractivity contribution in [2.45, 2.75) is 19.6 Å². The van der Waals surface area contributed by atoms with Crippen LogP contribution in [0, 0.1) is 12.7 Å². The molecule has 3 aromatic rings. The van der Waals surface area contributed by atoms with Crippen molar-refractivity contribution in [1.29, 1.82) is 0 Å². The predicted octanol–water partition coefficient (Wildman–Crippen LogP) is 4.35. The van der Waals surface area contributed by atoms with Gasteiger partial charge in [0.25, 0.3) is 5.91 Å². The van der Waals surface area contributed by atoms with Crippen molar-refractivity contribution in [2.24, 2.45) is 0 Å². The van der Waals surface area contributed by atoms with E-state index < -0.39 is 29.2 Å². The van der Waals surface area contributed by atoms with Crippen LogP contribution in [0.4, 0.5) is 17.6 Å². The standard InChI is InChI=1S/C20H16F4N2O3/c1-10-13-5-4-12(20(22,23)24)8-15(13)26-19(29-2)17(10)18(28)25-9-11-3-6-16(27)14(21)7-11/h3-8,27H,9H2,1-2H3,(H,25,28). The van der Waals surface area contributed by atoms with E-state index in [0.29, 0.717) is 16.5 Å². The number of ether oxygens (including phenoxy) is 1. The fourth-order valence-electron chi connectivity index (χ4n) is 2.92. The highest BCUT2D eigenvalue weighted by Crippen LogP contribution is 2.34. The van der Waals surface area contributed by atoms with Gasteiger partial charge in [0.1, 0.15) is 5.56 Å². The Morgan fingerprint density at radius 2 is 1.93 bits per heavy atom. The third-order valence-electron chi connectivity index (χ3n) is 4.43. The first kappa shape index (κ1) is 20.4. The maximum absolute atomic E-state index is 13.4. The van der Waals surface area contributed by atoms with Gasteiger partial charge in [0.2, 0.25) is 5.88 Å². The number of aromatic nitrogens is 1. The molecule has 0 bridgehead atoms. The van der Waals surface area contributed by atoms with Gasteiger partial charge in [-0.25, -0.2) is 9.37 Å². The molecule has 29 heavy (non-hydrogen) atoms. The Bertz CT molecular complexity index is 1100. The minimum absolute atomic E-state index is 0.0380. The molecular formula is C20H16F4N2O3. The summed E-state index contributed by atoms with van der Waals surface area (Å²) in [6.07, 6.45) is -4.52. The SMILES string of the molecule is COc1nc2cc(C(F)(F)F)ccc2c(C)c1C(=O)NCc1ccc(O)c(F)c1. The second-order valence-electron chi connectivity index (χ2n) is 6.32. The van der Waals surface area contributed by atoms with E-state index in [0.717, 1.165) is 18.2 Å². The number of carbonyl (C=O) groups excluding carboxylic acids is 1. The van der Waals surface area contributed by atoms with E-state index in [4.69, 9.17) is 4.74 Å². The van der Waals surface area contributed by atoms with Crippen LogP contribution in [-0.2, 0) is 12.7 Å². The van der Waals surface area contributed by atoms with E-state index in [-0.39, 0.29) is 23.5 Å². The number of nitrogens with one attached hydrogen (secondary N) is 1. The fraction of sp³-hybridized carbons (Fsp3) is 0.200. The molecule has 1 amide bonds. The van der Waals surface area contributed by atoms with Crippen molar-refractivity contribution in [3.8, 4) is 11.6 Å². The van der Waals surface area contributed by atoms with E-state index in [1.165, 1.54) is 25.3 Å². The van der Waals surface area contributed by atoms with Crippen LogP contribution in [0.2, 0.25) is 0 Å². The summed E-state index contributed by atoms with van der Waals surface area (Å²) in [5.41, 5.74) is 0.0691. The molecule has 0 saturated heterocycles. The van der Waals surface area contributed by atoms with Crippen LogP contribution in [0.15, 0.2) is 36.4 Å². The minimum atomic E-state index is -4.52. The minimum Gasteiger partial charge on any atom is -0.505 e. The Hall–Kier alpha value is -3.36. The predicted molar refractivity (Wildman–Crippen MR) is 97.3 cm³/mol. The zero-order chi connectivity index (χ0) is 21.3. The zero-order valence-electron chi connectivity index (χ0n) is 15.4. The number of benzene rings is 2. The summed E-state index contributed by atoms with van der Waals surface area (Å²) >= 11 is 0. The second-order valence-corrected chi connectivity index (χ2v) is 6.32. The van der Waals surface area contributed by atoms with E-state index in [1.807, 2.05) is 0 Å². The van der Waals surface area contributed by atoms with Crippen LogP contribution in [0.5, 0.6) is 11.6 Å². The number of carbonyl (C=O) groups is 1. The van der Waals surface area contributed by atoms with Gasteiger partial charge >= 0.3 is 6.18 Å². The lowest BCUT2D eigenvalue weighted by atomic mass is 10.0. The Kier molecular flexibility index (Phi) is 5.32. The van der Waals surface area contributed by atoms with Gasteiger partial charge in [-0.1, -0.05) is 12.1 Å². The van der Waals surface area contributed by atoms with E-state index in [2.05, 4.69) is 10.3 Å². The largest absolute Gasteiger partial charge is 0.505 e. The van der Waals surface area contributed by atoms with Gasteiger partial charge in [-0.05, 0) is 42.3 Å². The number of aromatic hydroxyl groups is 1. The molecule has 1 aromatic heterocycles. The molecule has 2 aromatic carbocycles. The summed E-state index contributed by atoms with van der Waals surface area (Å²) in [7, 11) is 1.26. The number of rotatable bonds is 4. The monoisotopic (exact) mass is 408 g/mol. The first-order valence-electron chi connectivity index (χ1n) is 8.43. The molecule has 5 nitrogen and oxygen atoms in total. The summed E-state index contributed by atoms with van der Waals surface area (Å²) in [6, 6.07) is 6.76. The molecule has 0 radical (unpaired) electrons. The van der Waals surface area contributed by atoms with Crippen LogP contribution in [-0.4, -0.2) is 23.1 Å². The van der Waals surface area contributed by atoms with Gasteiger partial charge in [0, 0.05) is 11.9 Å². The number of aryl methyl sites for hydroxylation is 1. The van der Waals surface area contributed by atoms with E-state index >= 15 is 0 Å². The van der Waals surface area contributed by atoms with Gasteiger partial charge in [0.05, 0.1) is 18.2 Å². The molecule has 0 fully saturated rings. The summed E-state index contributed by atoms with van der Waals surface area (Å²) in [6.45, 7) is 1.54. The average molecular weight is 408 g/mol. The quantitative estimate of drug-likeness (QED) is 0.630. The lowest BCUT2D eigenvalue weighted by molar-refractivity contribution is -0.137. The molecule has 9 heteroatoms. The molecule has 152 valence electrons. The number of methoxy groups -OCH3 is 1. The molecule has 0 aliphatic carbocycles. The molecular weight excluding hydrogens is 392 g/mol. The summed E-state index contributed by atoms with van der Waals surface area (Å²) in [4.78, 5) is 16.7. The molecule has 0 spiro atoms. The zero-order valence-corrected chi connectivity index (χ0v) is 15.4. The fourth-order valence-corrected chi connectivity index (χ4v) is 2.92. The summed E-state index contributed by atoms with van der Waals surface area (Å²) < 4.78 is 57.4. The molecule has 3 rings (SSSR count). The second kappa shape index (κ2) is 7.57. The van der Waals surface area contributed by atoms with Crippen molar-refractivity contribution in [2.75, 3.05) is 7.11 Å². The van der Waals surface area contributed by atoms with E-state index in [9.17, 15) is 27.5 Å². The van der Waals surface area contributed by atoms with Crippen LogP contribution in [0.25, 0.3) is 10.9 Å². The van der Waals surface area contributed by atoms with Gasteiger partial charge < -0.3 is 15.2 Å². The van der Waals surface area contributed by atoms with Crippen molar-refractivity contribution in [3.05, 3.63) is 64.5 Å². The van der Waals surface area contributed by atoms with Crippen LogP contribution in [0.3, 0.4) is 0 Å². The number of nitrogens with zero attached hydrogens (tertiary/aromatic N) is 1. The number of pyridine rings is 1. The highest BCUT2D eigenvalue weighted by molar-refractivity contribution is 6.02. The highest BCUT2D eigenvalue weighted by atomic mass is 19.4. The van der Waals surface area contributed by atoms with Gasteiger partial charge in [0.15, 0.2) is 11.6 Å². The number of amides is 1. The number of fused-ring (bicyclic) bond motifs is 1. The van der Waals surface area contributed by atoms with Crippen molar-refractivity contribution < 1.29 is 32.2 Å². The third kappa shape index (κ3) is 4.08. The molecule has 0 aliphatic rings. The van der Waals surface area contributed by atoms with Crippen LogP contribution >= 0.6 is 0 Å². The number of phenolic OH excluding ortho intramolecular Hbond substituents is 1. The third-order valence-corrected chi connectivity index (χ3v) is 4.43.